The number of aliphatic hydroxyl groups excluding tert-OH is 1. The molecule has 3 aromatic rings. The molecule has 0 bridgehead atoms. The normalized spacial score (nSPS) is 15.5. The molecule has 15 heteroatoms. The molecule has 0 fully saturated rings. The van der Waals surface area contributed by atoms with E-state index >= 15 is 0 Å². The third kappa shape index (κ3) is 7.42. The highest BCUT2D eigenvalue weighted by Gasteiger charge is 2.32. The number of halogens is 1. The molecule has 0 spiro atoms. The molecule has 14 nitrogen and oxygen atoms in total. The van der Waals surface area contributed by atoms with Crippen LogP contribution >= 0.6 is 11.6 Å². The summed E-state index contributed by atoms with van der Waals surface area (Å²) in [6, 6.07) is 11.2. The van der Waals surface area contributed by atoms with Gasteiger partial charge in [0.25, 0.3) is 5.69 Å². The molecule has 0 radical (unpaired) electrons. The number of esters is 1. The minimum atomic E-state index is -1.22. The summed E-state index contributed by atoms with van der Waals surface area (Å²) in [4.78, 5) is 35.1. The number of amides is 2. The molecule has 1 aliphatic rings. The molecular weight excluding hydrogens is 586 g/mol. The number of nitrogens with one attached hydrogen (secondary N) is 3. The Morgan fingerprint density at radius 1 is 1.23 bits per heavy atom. The van der Waals surface area contributed by atoms with Gasteiger partial charge < -0.3 is 34.4 Å². The molecule has 0 aliphatic carbocycles. The van der Waals surface area contributed by atoms with Crippen LogP contribution in [0.15, 0.2) is 69.3 Å². The van der Waals surface area contributed by atoms with Gasteiger partial charge in [-0.1, -0.05) is 17.7 Å². The van der Waals surface area contributed by atoms with Gasteiger partial charge in [0.05, 0.1) is 36.5 Å². The molecule has 1 aliphatic heterocycles. The van der Waals surface area contributed by atoms with E-state index in [9.17, 15) is 24.8 Å². The van der Waals surface area contributed by atoms with E-state index < -0.39 is 29.2 Å². The molecule has 0 saturated heterocycles. The number of ether oxygens (including phenoxy) is 3. The second-order valence-corrected chi connectivity index (χ2v) is 9.45. The monoisotopic (exact) mass is 613 g/mol. The van der Waals surface area contributed by atoms with Gasteiger partial charge in [-0.3, -0.25) is 15.5 Å². The zero-order valence-corrected chi connectivity index (χ0v) is 24.0. The van der Waals surface area contributed by atoms with Gasteiger partial charge in [0.1, 0.15) is 23.2 Å². The second kappa shape index (κ2) is 13.7. The summed E-state index contributed by atoms with van der Waals surface area (Å²) in [5, 5.41) is 30.7. The Bertz CT molecular complexity index is 1590. The number of aliphatic hydroxyl groups is 1. The standard InChI is InChI=1S/C28H28ClN5O9/c1-4-41-23-12-17(26-25(27(36)40-3)15(2)31-28(37)32-26)6-9-22(23)42-14-24(35)33-30-13-18-7-10-21(43-18)16-5-8-19(29)20(11-16)34(38)39/h5-13,24,26,33,35H,4,14H2,1-3H3,(H2,31,32,37)/b30-13+/t24-,26+/m1/s1. The van der Waals surface area contributed by atoms with Gasteiger partial charge in [-0.2, -0.15) is 5.10 Å². The van der Waals surface area contributed by atoms with Gasteiger partial charge in [0, 0.05) is 17.3 Å². The number of nitrogens with zero attached hydrogens (tertiary/aromatic N) is 2. The van der Waals surface area contributed by atoms with Crippen LogP contribution in [0.1, 0.15) is 31.2 Å². The number of nitro groups is 1. The van der Waals surface area contributed by atoms with Crippen LogP contribution < -0.4 is 25.5 Å². The summed E-state index contributed by atoms with van der Waals surface area (Å²) in [5.41, 5.74) is 3.90. The lowest BCUT2D eigenvalue weighted by molar-refractivity contribution is -0.384. The Morgan fingerprint density at radius 2 is 2.02 bits per heavy atom. The topological polar surface area (TPSA) is 187 Å². The second-order valence-electron chi connectivity index (χ2n) is 9.04. The van der Waals surface area contributed by atoms with Crippen molar-refractivity contribution in [3.8, 4) is 22.8 Å². The number of carbonyl (C=O) groups excluding carboxylic acids is 2. The number of rotatable bonds is 12. The van der Waals surface area contributed by atoms with E-state index in [1.807, 2.05) is 0 Å². The molecule has 2 aromatic carbocycles. The van der Waals surface area contributed by atoms with E-state index in [0.29, 0.717) is 46.5 Å². The molecule has 0 saturated carbocycles. The van der Waals surface area contributed by atoms with E-state index in [1.165, 1.54) is 25.5 Å². The van der Waals surface area contributed by atoms with Crippen LogP contribution in [-0.2, 0) is 9.53 Å². The number of methoxy groups -OCH3 is 1. The summed E-state index contributed by atoms with van der Waals surface area (Å²) in [5.74, 6) is 0.732. The number of hydrogen-bond donors (Lipinski definition) is 4. The lowest BCUT2D eigenvalue weighted by atomic mass is 9.95. The van der Waals surface area contributed by atoms with Gasteiger partial charge in [-0.15, -0.1) is 0 Å². The molecule has 4 rings (SSSR count). The van der Waals surface area contributed by atoms with E-state index in [4.69, 9.17) is 30.2 Å². The van der Waals surface area contributed by atoms with Crippen molar-refractivity contribution in [2.45, 2.75) is 26.1 Å². The molecule has 4 N–H and O–H groups in total. The number of hydrogen-bond acceptors (Lipinski definition) is 11. The summed E-state index contributed by atoms with van der Waals surface area (Å²) in [6.07, 6.45) is 0.0955. The predicted octanol–water partition coefficient (Wildman–Crippen LogP) is 4.03. The van der Waals surface area contributed by atoms with Crippen LogP contribution in [0.5, 0.6) is 11.5 Å². The van der Waals surface area contributed by atoms with Gasteiger partial charge in [-0.25, -0.2) is 9.59 Å². The quantitative estimate of drug-likeness (QED) is 0.0763. The summed E-state index contributed by atoms with van der Waals surface area (Å²) in [7, 11) is 1.25. The van der Waals surface area contributed by atoms with Gasteiger partial charge in [0.15, 0.2) is 17.7 Å². The Morgan fingerprint density at radius 3 is 2.74 bits per heavy atom. The average molecular weight is 614 g/mol. The molecule has 1 aromatic heterocycles. The van der Waals surface area contributed by atoms with Gasteiger partial charge >= 0.3 is 12.0 Å². The van der Waals surface area contributed by atoms with Gasteiger partial charge in [-0.05, 0) is 55.8 Å². The Hall–Kier alpha value is -5.08. The van der Waals surface area contributed by atoms with Crippen molar-refractivity contribution in [1.29, 1.82) is 0 Å². The molecule has 0 unspecified atom stereocenters. The van der Waals surface area contributed by atoms with Crippen molar-refractivity contribution >= 4 is 35.5 Å². The highest BCUT2D eigenvalue weighted by atomic mass is 35.5. The maximum Gasteiger partial charge on any atom is 0.337 e. The fourth-order valence-corrected chi connectivity index (χ4v) is 4.38. The van der Waals surface area contributed by atoms with Crippen LogP contribution in [0.2, 0.25) is 5.02 Å². The lowest BCUT2D eigenvalue weighted by Gasteiger charge is -2.28. The number of nitro benzene ring substituents is 1. The summed E-state index contributed by atoms with van der Waals surface area (Å²) >= 11 is 5.87. The number of furan rings is 1. The fourth-order valence-electron chi connectivity index (χ4n) is 4.19. The van der Waals surface area contributed by atoms with Crippen LogP contribution in [0.3, 0.4) is 0 Å². The van der Waals surface area contributed by atoms with E-state index in [1.54, 1.807) is 50.2 Å². The Balaban J connectivity index is 1.39. The lowest BCUT2D eigenvalue weighted by Crippen LogP contribution is -2.45. The minimum Gasteiger partial charge on any atom is -0.490 e. The van der Waals surface area contributed by atoms with E-state index in [-0.39, 0.29) is 22.9 Å². The fraction of sp³-hybridized carbons (Fsp3) is 0.250. The molecule has 2 amide bonds. The van der Waals surface area contributed by atoms with Crippen molar-refractivity contribution in [1.82, 2.24) is 16.1 Å². The number of benzene rings is 2. The number of hydrazone groups is 1. The number of urea groups is 1. The van der Waals surface area contributed by atoms with E-state index in [2.05, 4.69) is 21.2 Å². The summed E-state index contributed by atoms with van der Waals surface area (Å²) in [6.45, 7) is 3.47. The van der Waals surface area contributed by atoms with Crippen molar-refractivity contribution in [3.63, 3.8) is 0 Å². The van der Waals surface area contributed by atoms with Crippen molar-refractivity contribution in [3.05, 3.63) is 86.3 Å². The third-order valence-electron chi connectivity index (χ3n) is 6.14. The molecule has 226 valence electrons. The smallest absolute Gasteiger partial charge is 0.337 e. The highest BCUT2D eigenvalue weighted by molar-refractivity contribution is 6.32. The Labute approximate surface area is 250 Å². The summed E-state index contributed by atoms with van der Waals surface area (Å²) < 4.78 is 22.0. The van der Waals surface area contributed by atoms with Gasteiger partial charge in [0.2, 0.25) is 0 Å². The first-order valence-corrected chi connectivity index (χ1v) is 13.3. The van der Waals surface area contributed by atoms with Crippen LogP contribution in [0.4, 0.5) is 10.5 Å². The number of allylic oxidation sites excluding steroid dienone is 1. The average Bonchev–Trinajstić information content (AvgIpc) is 3.45. The van der Waals surface area contributed by atoms with Crippen molar-refractivity contribution < 1.29 is 38.2 Å². The van der Waals surface area contributed by atoms with Crippen LogP contribution in [-0.4, -0.2) is 54.8 Å². The van der Waals surface area contributed by atoms with E-state index in [0.717, 1.165) is 0 Å². The maximum absolute atomic E-state index is 12.4. The predicted molar refractivity (Wildman–Crippen MR) is 155 cm³/mol. The minimum absolute atomic E-state index is 0.0158. The number of carbonyl (C=O) groups is 2. The van der Waals surface area contributed by atoms with Crippen molar-refractivity contribution in [2.24, 2.45) is 5.10 Å². The largest absolute Gasteiger partial charge is 0.490 e. The SMILES string of the molecule is CCOc1cc([C@@H]2NC(=O)NC(C)=C2C(=O)OC)ccc1OC[C@@H](O)N/N=C/c1ccc(-c2ccc(Cl)c([N+](=O)[O-])c2)o1. The van der Waals surface area contributed by atoms with Crippen molar-refractivity contribution in [2.75, 3.05) is 20.3 Å². The maximum atomic E-state index is 12.4. The molecular formula is C28H28ClN5O9. The first-order valence-electron chi connectivity index (χ1n) is 12.9. The molecule has 2 atom stereocenters. The highest BCUT2D eigenvalue weighted by Crippen LogP contribution is 2.35. The first kappa shape index (κ1) is 30.9. The van der Waals surface area contributed by atoms with Crippen LogP contribution in [0, 0.1) is 10.1 Å². The zero-order chi connectivity index (χ0) is 31.1. The zero-order valence-electron chi connectivity index (χ0n) is 23.3. The van der Waals surface area contributed by atoms with Crippen LogP contribution in [0.25, 0.3) is 11.3 Å². The molecule has 2 heterocycles. The third-order valence-corrected chi connectivity index (χ3v) is 6.46. The Kier molecular flexibility index (Phi) is 9.85. The molecule has 43 heavy (non-hydrogen) atoms. The first-order chi connectivity index (χ1) is 20.6.